The smallest absolute Gasteiger partial charge is 0.408 e. The Kier molecular flexibility index (Phi) is 6.35. The van der Waals surface area contributed by atoms with Gasteiger partial charge in [-0.15, -0.1) is 0 Å². The van der Waals surface area contributed by atoms with Crippen molar-refractivity contribution in [3.05, 3.63) is 18.5 Å². The number of nitrogens with two attached hydrogens (primary N) is 1. The first kappa shape index (κ1) is 20.6. The Labute approximate surface area is 159 Å². The van der Waals surface area contributed by atoms with Crippen molar-refractivity contribution < 1.29 is 19.1 Å². The van der Waals surface area contributed by atoms with Crippen LogP contribution in [0.15, 0.2) is 18.5 Å². The molecular weight excluding hydrogens is 350 g/mol. The van der Waals surface area contributed by atoms with Crippen molar-refractivity contribution in [3.63, 3.8) is 0 Å². The van der Waals surface area contributed by atoms with E-state index >= 15 is 0 Å². The highest BCUT2D eigenvalue weighted by Crippen LogP contribution is 2.28. The average molecular weight is 379 g/mol. The van der Waals surface area contributed by atoms with E-state index in [1.165, 1.54) is 7.11 Å². The third-order valence-corrected chi connectivity index (χ3v) is 4.31. The van der Waals surface area contributed by atoms with Crippen LogP contribution in [0, 0.1) is 5.92 Å². The number of nitrogens with zero attached hydrogens (tertiary/aromatic N) is 2. The molecule has 0 unspecified atom stereocenters. The van der Waals surface area contributed by atoms with Crippen molar-refractivity contribution in [1.82, 2.24) is 15.6 Å². The Bertz CT molecular complexity index is 676. The summed E-state index contributed by atoms with van der Waals surface area (Å²) < 4.78 is 10.1. The van der Waals surface area contributed by atoms with Crippen LogP contribution in [0.4, 0.5) is 21.0 Å². The molecule has 1 aromatic rings. The third-order valence-electron chi connectivity index (χ3n) is 4.31. The molecule has 0 radical (unpaired) electrons. The van der Waals surface area contributed by atoms with Gasteiger partial charge in [-0.1, -0.05) is 6.92 Å². The van der Waals surface area contributed by atoms with Gasteiger partial charge in [0.2, 0.25) is 0 Å². The second-order valence-corrected chi connectivity index (χ2v) is 7.73. The Morgan fingerprint density at radius 1 is 1.26 bits per heavy atom. The summed E-state index contributed by atoms with van der Waals surface area (Å²) in [5.41, 5.74) is 6.83. The predicted molar refractivity (Wildman–Crippen MR) is 103 cm³/mol. The zero-order valence-electron chi connectivity index (χ0n) is 16.5. The maximum absolute atomic E-state index is 12.3. The zero-order valence-corrected chi connectivity index (χ0v) is 16.5. The van der Waals surface area contributed by atoms with E-state index in [1.54, 1.807) is 33.2 Å². The molecule has 4 N–H and O–H groups in total. The van der Waals surface area contributed by atoms with Gasteiger partial charge in [-0.2, -0.15) is 0 Å². The SMILES string of the molecule is COC(=O)N[C@H]1[C@@H](C)CN(c2ccncc2N)C[C@H]1NC(=O)OC(C)(C)C. The van der Waals surface area contributed by atoms with Gasteiger partial charge in [0, 0.05) is 19.3 Å². The van der Waals surface area contributed by atoms with Gasteiger partial charge in [0.15, 0.2) is 0 Å². The summed E-state index contributed by atoms with van der Waals surface area (Å²) in [5, 5.41) is 5.70. The molecule has 2 amide bonds. The number of pyridine rings is 1. The maximum atomic E-state index is 12.3. The number of carbonyl (C=O) groups is 2. The van der Waals surface area contributed by atoms with Crippen LogP contribution in [0.2, 0.25) is 0 Å². The van der Waals surface area contributed by atoms with Crippen LogP contribution in [0.1, 0.15) is 27.7 Å². The molecule has 0 spiro atoms. The van der Waals surface area contributed by atoms with Gasteiger partial charge in [-0.25, -0.2) is 9.59 Å². The molecule has 0 bridgehead atoms. The fourth-order valence-corrected chi connectivity index (χ4v) is 3.20. The van der Waals surface area contributed by atoms with E-state index < -0.39 is 23.8 Å². The topological polar surface area (TPSA) is 119 Å². The number of piperidine rings is 1. The average Bonchev–Trinajstić information content (AvgIpc) is 2.56. The minimum atomic E-state index is -0.620. The molecule has 2 rings (SSSR count). The Hall–Kier alpha value is -2.71. The summed E-state index contributed by atoms with van der Waals surface area (Å²) in [7, 11) is 1.31. The van der Waals surface area contributed by atoms with Crippen LogP contribution in [0.3, 0.4) is 0 Å². The number of methoxy groups -OCH3 is 1. The maximum Gasteiger partial charge on any atom is 0.408 e. The molecule has 0 saturated carbocycles. The van der Waals surface area contributed by atoms with E-state index in [0.29, 0.717) is 18.8 Å². The minimum Gasteiger partial charge on any atom is -0.453 e. The van der Waals surface area contributed by atoms with Crippen LogP contribution in [0.25, 0.3) is 0 Å². The fraction of sp³-hybridized carbons (Fsp3) is 0.611. The van der Waals surface area contributed by atoms with Crippen LogP contribution < -0.4 is 21.3 Å². The zero-order chi connectivity index (χ0) is 20.2. The summed E-state index contributed by atoms with van der Waals surface area (Å²) in [5.74, 6) is 0.0188. The quantitative estimate of drug-likeness (QED) is 0.732. The lowest BCUT2D eigenvalue weighted by Crippen LogP contribution is -2.64. The molecule has 2 heterocycles. The number of hydrogen-bond acceptors (Lipinski definition) is 7. The fourth-order valence-electron chi connectivity index (χ4n) is 3.20. The van der Waals surface area contributed by atoms with Gasteiger partial charge in [-0.3, -0.25) is 4.98 Å². The molecule has 1 aliphatic rings. The van der Waals surface area contributed by atoms with E-state index in [1.807, 2.05) is 13.0 Å². The van der Waals surface area contributed by atoms with Gasteiger partial charge in [0.1, 0.15) is 5.60 Å². The van der Waals surface area contributed by atoms with Gasteiger partial charge in [0.25, 0.3) is 0 Å². The van der Waals surface area contributed by atoms with Crippen molar-refractivity contribution in [2.75, 3.05) is 30.8 Å². The number of nitrogens with one attached hydrogen (secondary N) is 2. The lowest BCUT2D eigenvalue weighted by Gasteiger charge is -2.44. The Balaban J connectivity index is 2.22. The van der Waals surface area contributed by atoms with E-state index in [-0.39, 0.29) is 12.0 Å². The summed E-state index contributed by atoms with van der Waals surface area (Å²) in [6.45, 7) is 8.48. The minimum absolute atomic E-state index is 0.0188. The summed E-state index contributed by atoms with van der Waals surface area (Å²) in [6, 6.07) is 1.13. The van der Waals surface area contributed by atoms with Crippen molar-refractivity contribution in [3.8, 4) is 0 Å². The van der Waals surface area contributed by atoms with Crippen LogP contribution in [-0.2, 0) is 9.47 Å². The van der Waals surface area contributed by atoms with Gasteiger partial charge < -0.3 is 30.7 Å². The summed E-state index contributed by atoms with van der Waals surface area (Å²) in [4.78, 5) is 30.2. The molecule has 0 aromatic carbocycles. The molecule has 0 aliphatic carbocycles. The molecule has 27 heavy (non-hydrogen) atoms. The number of nitrogen functional groups attached to an aromatic ring is 1. The van der Waals surface area contributed by atoms with Crippen LogP contribution in [-0.4, -0.2) is 55.1 Å². The molecule has 1 aliphatic heterocycles. The Morgan fingerprint density at radius 3 is 2.56 bits per heavy atom. The molecule has 9 nitrogen and oxygen atoms in total. The highest BCUT2D eigenvalue weighted by Gasteiger charge is 2.38. The molecule has 1 aromatic heterocycles. The van der Waals surface area contributed by atoms with E-state index in [0.717, 1.165) is 5.69 Å². The largest absolute Gasteiger partial charge is 0.453 e. The number of aromatic nitrogens is 1. The highest BCUT2D eigenvalue weighted by molar-refractivity contribution is 5.71. The first-order chi connectivity index (χ1) is 12.6. The standard InChI is InChI=1S/C18H29N5O4/c1-11-9-23(14-6-7-20-8-12(14)19)10-13(15(11)22-16(24)26-5)21-17(25)27-18(2,3)4/h6-8,11,13,15H,9-10,19H2,1-5H3,(H,21,25)(H,22,24)/t11-,13+,15-/m0/s1. The van der Waals surface area contributed by atoms with E-state index in [4.69, 9.17) is 15.2 Å². The Morgan fingerprint density at radius 2 is 1.96 bits per heavy atom. The first-order valence-corrected chi connectivity index (χ1v) is 8.89. The number of ether oxygens (including phenoxy) is 2. The molecule has 150 valence electrons. The molecule has 3 atom stereocenters. The first-order valence-electron chi connectivity index (χ1n) is 8.89. The lowest BCUT2D eigenvalue weighted by atomic mass is 9.89. The van der Waals surface area contributed by atoms with Crippen molar-refractivity contribution in [2.24, 2.45) is 5.92 Å². The number of anilines is 2. The summed E-state index contributed by atoms with van der Waals surface area (Å²) >= 11 is 0. The van der Waals surface area contributed by atoms with Crippen molar-refractivity contribution in [1.29, 1.82) is 0 Å². The number of amides is 2. The molecule has 9 heteroatoms. The monoisotopic (exact) mass is 379 g/mol. The van der Waals surface area contributed by atoms with Crippen LogP contribution in [0.5, 0.6) is 0 Å². The van der Waals surface area contributed by atoms with Crippen molar-refractivity contribution in [2.45, 2.75) is 45.4 Å². The molecule has 1 fully saturated rings. The van der Waals surface area contributed by atoms with Gasteiger partial charge >= 0.3 is 12.2 Å². The summed E-state index contributed by atoms with van der Waals surface area (Å²) in [6.07, 6.45) is 2.18. The van der Waals surface area contributed by atoms with Gasteiger partial charge in [0.05, 0.1) is 36.8 Å². The second kappa shape index (κ2) is 8.32. The molecular formula is C18H29N5O4. The van der Waals surface area contributed by atoms with Crippen LogP contribution >= 0.6 is 0 Å². The molecule has 1 saturated heterocycles. The van der Waals surface area contributed by atoms with Gasteiger partial charge in [-0.05, 0) is 32.8 Å². The number of alkyl carbamates (subject to hydrolysis) is 2. The normalized spacial score (nSPS) is 22.7. The van der Waals surface area contributed by atoms with Crippen molar-refractivity contribution >= 4 is 23.6 Å². The number of rotatable bonds is 3. The highest BCUT2D eigenvalue weighted by atomic mass is 16.6. The van der Waals surface area contributed by atoms with E-state index in [9.17, 15) is 9.59 Å². The third kappa shape index (κ3) is 5.63. The predicted octanol–water partition coefficient (Wildman–Crippen LogP) is 1.74. The number of carbonyl (C=O) groups excluding carboxylic acids is 2. The second-order valence-electron chi connectivity index (χ2n) is 7.73. The number of hydrogen-bond donors (Lipinski definition) is 3. The lowest BCUT2D eigenvalue weighted by molar-refractivity contribution is 0.0477. The van der Waals surface area contributed by atoms with E-state index in [2.05, 4.69) is 20.5 Å².